The molecule has 7 nitrogen and oxygen atoms in total. The van der Waals surface area contributed by atoms with Gasteiger partial charge in [0.2, 0.25) is 0 Å². The summed E-state index contributed by atoms with van der Waals surface area (Å²) in [4.78, 5) is 30.1. The first-order valence-electron chi connectivity index (χ1n) is 11.5. The highest BCUT2D eigenvalue weighted by Crippen LogP contribution is 2.31. The van der Waals surface area contributed by atoms with Gasteiger partial charge in [-0.2, -0.15) is 0 Å². The molecule has 9 heteroatoms. The Morgan fingerprint density at radius 3 is 2.34 bits per heavy atom. The minimum absolute atomic E-state index is 0.124. The normalized spacial score (nSPS) is 14.1. The van der Waals surface area contributed by atoms with Crippen LogP contribution < -0.4 is 10.2 Å². The van der Waals surface area contributed by atoms with Gasteiger partial charge >= 0.3 is 5.97 Å². The summed E-state index contributed by atoms with van der Waals surface area (Å²) in [6, 6.07) is 13.6. The summed E-state index contributed by atoms with van der Waals surface area (Å²) in [6.45, 7) is 8.64. The molecular weight excluding hydrogens is 489 g/mol. The fraction of sp³-hybridized carbons (Fsp3) is 0.308. The number of esters is 1. The Morgan fingerprint density at radius 2 is 1.69 bits per heavy atom. The van der Waals surface area contributed by atoms with Crippen molar-refractivity contribution in [1.29, 1.82) is 0 Å². The number of hydrogen-bond donors (Lipinski definition) is 1. The largest absolute Gasteiger partial charge is 0.462 e. The molecule has 1 saturated heterocycles. The molecular formula is C26H27Cl2N3O4. The van der Waals surface area contributed by atoms with Crippen molar-refractivity contribution >= 4 is 46.5 Å². The zero-order valence-corrected chi connectivity index (χ0v) is 21.2. The number of likely N-dealkylation sites (N-methyl/N-ethyl adjacent to an activating group) is 1. The van der Waals surface area contributed by atoms with E-state index in [2.05, 4.69) is 22.0 Å². The minimum Gasteiger partial charge on any atom is -0.462 e. The predicted molar refractivity (Wildman–Crippen MR) is 139 cm³/mol. The average Bonchev–Trinajstić information content (AvgIpc) is 3.34. The molecule has 0 atom stereocenters. The number of piperazine rings is 1. The Kier molecular flexibility index (Phi) is 8.00. The maximum absolute atomic E-state index is 13.1. The number of rotatable bonds is 7. The Morgan fingerprint density at radius 1 is 0.971 bits per heavy atom. The van der Waals surface area contributed by atoms with Gasteiger partial charge in [0.15, 0.2) is 5.76 Å². The van der Waals surface area contributed by atoms with Gasteiger partial charge in [-0.1, -0.05) is 30.1 Å². The molecule has 1 aliphatic rings. The van der Waals surface area contributed by atoms with Gasteiger partial charge in [0, 0.05) is 41.8 Å². The zero-order valence-electron chi connectivity index (χ0n) is 19.6. The highest BCUT2D eigenvalue weighted by atomic mass is 35.5. The van der Waals surface area contributed by atoms with E-state index in [0.29, 0.717) is 32.6 Å². The van der Waals surface area contributed by atoms with Gasteiger partial charge in [0.05, 0.1) is 23.5 Å². The van der Waals surface area contributed by atoms with Crippen LogP contribution >= 0.6 is 23.2 Å². The number of carbonyl (C=O) groups excluding carboxylic acids is 2. The highest BCUT2D eigenvalue weighted by molar-refractivity contribution is 6.35. The van der Waals surface area contributed by atoms with Crippen LogP contribution in [0, 0.1) is 0 Å². The van der Waals surface area contributed by atoms with E-state index in [1.54, 1.807) is 49.4 Å². The summed E-state index contributed by atoms with van der Waals surface area (Å²) < 4.78 is 10.9. The van der Waals surface area contributed by atoms with Gasteiger partial charge in [-0.3, -0.25) is 4.79 Å². The van der Waals surface area contributed by atoms with E-state index < -0.39 is 11.9 Å². The fourth-order valence-corrected chi connectivity index (χ4v) is 4.58. The number of halogens is 2. The molecule has 184 valence electrons. The molecule has 1 aromatic heterocycles. The average molecular weight is 516 g/mol. The van der Waals surface area contributed by atoms with Crippen molar-refractivity contribution in [3.05, 3.63) is 69.9 Å². The molecule has 3 aromatic rings. The topological polar surface area (TPSA) is 75.0 Å². The number of anilines is 2. The van der Waals surface area contributed by atoms with Gasteiger partial charge in [0.1, 0.15) is 5.76 Å². The Balaban J connectivity index is 1.60. The molecule has 35 heavy (non-hydrogen) atoms. The molecule has 0 spiro atoms. The molecule has 4 rings (SSSR count). The van der Waals surface area contributed by atoms with Crippen LogP contribution in [0.5, 0.6) is 0 Å². The minimum atomic E-state index is -0.441. The molecule has 2 aromatic carbocycles. The highest BCUT2D eigenvalue weighted by Gasteiger charge is 2.22. The van der Waals surface area contributed by atoms with Crippen LogP contribution in [-0.4, -0.2) is 56.1 Å². The molecule has 1 amide bonds. The Labute approximate surface area is 214 Å². The summed E-state index contributed by atoms with van der Waals surface area (Å²) in [6.07, 6.45) is 0. The molecule has 0 aliphatic carbocycles. The van der Waals surface area contributed by atoms with Crippen LogP contribution in [0.25, 0.3) is 11.3 Å². The van der Waals surface area contributed by atoms with Gasteiger partial charge in [-0.25, -0.2) is 4.79 Å². The number of hydrogen-bond acceptors (Lipinski definition) is 6. The van der Waals surface area contributed by atoms with Crippen molar-refractivity contribution in [2.75, 3.05) is 49.5 Å². The van der Waals surface area contributed by atoms with Gasteiger partial charge in [-0.05, 0) is 62.0 Å². The van der Waals surface area contributed by atoms with Crippen LogP contribution in [-0.2, 0) is 4.74 Å². The Hall–Kier alpha value is -3.00. The van der Waals surface area contributed by atoms with Crippen LogP contribution in [0.4, 0.5) is 11.4 Å². The maximum Gasteiger partial charge on any atom is 0.338 e. The van der Waals surface area contributed by atoms with Crippen molar-refractivity contribution in [2.24, 2.45) is 0 Å². The monoisotopic (exact) mass is 515 g/mol. The lowest BCUT2D eigenvalue weighted by atomic mass is 10.1. The third kappa shape index (κ3) is 5.99. The van der Waals surface area contributed by atoms with Crippen LogP contribution in [0.15, 0.2) is 52.9 Å². The van der Waals surface area contributed by atoms with Crippen LogP contribution in [0.2, 0.25) is 10.0 Å². The number of ether oxygens (including phenoxy) is 1. The zero-order chi connectivity index (χ0) is 24.9. The molecule has 0 radical (unpaired) electrons. The molecule has 1 aliphatic heterocycles. The van der Waals surface area contributed by atoms with E-state index in [1.807, 2.05) is 6.07 Å². The Bertz CT molecular complexity index is 1200. The van der Waals surface area contributed by atoms with Crippen molar-refractivity contribution in [1.82, 2.24) is 4.90 Å². The standard InChI is InChI=1S/C26H27Cl2N3O4/c1-3-30-9-11-31(12-10-30)22-6-5-17(26(33)34-4-2)15-21(22)29-25(32)24-8-7-23(35-24)18-13-19(27)16-20(28)14-18/h5-8,13-16H,3-4,9-12H2,1-2H3,(H,29,32). The van der Waals surface area contributed by atoms with E-state index >= 15 is 0 Å². The number of furan rings is 1. The number of nitrogens with zero attached hydrogens (tertiary/aromatic N) is 2. The van der Waals surface area contributed by atoms with Crippen molar-refractivity contribution in [3.8, 4) is 11.3 Å². The van der Waals surface area contributed by atoms with E-state index in [-0.39, 0.29) is 12.4 Å². The smallest absolute Gasteiger partial charge is 0.338 e. The van der Waals surface area contributed by atoms with E-state index in [1.165, 1.54) is 0 Å². The molecule has 1 fully saturated rings. The van der Waals surface area contributed by atoms with Crippen molar-refractivity contribution in [3.63, 3.8) is 0 Å². The second-order valence-corrected chi connectivity index (χ2v) is 9.02. The third-order valence-corrected chi connectivity index (χ3v) is 6.33. The van der Waals surface area contributed by atoms with Crippen LogP contribution in [0.1, 0.15) is 34.8 Å². The molecule has 0 saturated carbocycles. The number of amides is 1. The summed E-state index contributed by atoms with van der Waals surface area (Å²) in [7, 11) is 0. The number of nitrogens with one attached hydrogen (secondary N) is 1. The second kappa shape index (κ2) is 11.2. The van der Waals surface area contributed by atoms with Gasteiger partial charge in [-0.15, -0.1) is 0 Å². The molecule has 2 heterocycles. The molecule has 0 bridgehead atoms. The van der Waals surface area contributed by atoms with E-state index in [0.717, 1.165) is 38.4 Å². The maximum atomic E-state index is 13.1. The summed E-state index contributed by atoms with van der Waals surface area (Å²) in [5.74, 6) is -0.280. The number of carbonyl (C=O) groups is 2. The lowest BCUT2D eigenvalue weighted by Gasteiger charge is -2.36. The van der Waals surface area contributed by atoms with Crippen molar-refractivity contribution < 1.29 is 18.7 Å². The lowest BCUT2D eigenvalue weighted by Crippen LogP contribution is -2.46. The number of benzene rings is 2. The van der Waals surface area contributed by atoms with Gasteiger partial charge in [0.25, 0.3) is 5.91 Å². The molecule has 1 N–H and O–H groups in total. The van der Waals surface area contributed by atoms with Crippen molar-refractivity contribution in [2.45, 2.75) is 13.8 Å². The quantitative estimate of drug-likeness (QED) is 0.399. The second-order valence-electron chi connectivity index (χ2n) is 8.15. The summed E-state index contributed by atoms with van der Waals surface area (Å²) in [5, 5.41) is 3.87. The van der Waals surface area contributed by atoms with Crippen LogP contribution in [0.3, 0.4) is 0 Å². The first-order chi connectivity index (χ1) is 16.9. The predicted octanol–water partition coefficient (Wildman–Crippen LogP) is 5.82. The fourth-order valence-electron chi connectivity index (χ4n) is 4.05. The SMILES string of the molecule is CCOC(=O)c1ccc(N2CCN(CC)CC2)c(NC(=O)c2ccc(-c3cc(Cl)cc(Cl)c3)o2)c1. The third-order valence-electron chi connectivity index (χ3n) is 5.89. The lowest BCUT2D eigenvalue weighted by molar-refractivity contribution is 0.0526. The first-order valence-corrected chi connectivity index (χ1v) is 12.3. The summed E-state index contributed by atoms with van der Waals surface area (Å²) in [5.41, 5.74) is 2.40. The molecule has 0 unspecified atom stereocenters. The first kappa shape index (κ1) is 25.1. The van der Waals surface area contributed by atoms with Gasteiger partial charge < -0.3 is 24.3 Å². The summed E-state index contributed by atoms with van der Waals surface area (Å²) >= 11 is 12.2. The van der Waals surface area contributed by atoms with E-state index in [9.17, 15) is 9.59 Å². The van der Waals surface area contributed by atoms with E-state index in [4.69, 9.17) is 32.4 Å².